The van der Waals surface area contributed by atoms with Crippen molar-refractivity contribution in [1.29, 1.82) is 0 Å². The van der Waals surface area contributed by atoms with E-state index in [-0.39, 0.29) is 24.1 Å². The van der Waals surface area contributed by atoms with Crippen LogP contribution in [-0.4, -0.2) is 43.6 Å². The highest BCUT2D eigenvalue weighted by atomic mass is 19.1. The predicted molar refractivity (Wildman–Crippen MR) is 70.7 cm³/mol. The summed E-state index contributed by atoms with van der Waals surface area (Å²) in [5.41, 5.74) is 0.675. The average molecular weight is 266 g/mol. The molecule has 5 heteroatoms. The van der Waals surface area contributed by atoms with Gasteiger partial charge in [0.05, 0.1) is 13.5 Å². The number of carbonyl (C=O) groups is 1. The van der Waals surface area contributed by atoms with E-state index in [9.17, 15) is 9.18 Å². The topological polar surface area (TPSA) is 41.6 Å². The molecule has 0 radical (unpaired) electrons. The standard InChI is InChI=1S/C14H19FN2O2/c1-10-9-16-5-6-17(10)14(18)8-11-3-4-13(19-2)12(15)7-11/h3-4,7,10,16H,5-6,8-9H2,1-2H3/t10-/m1/s1. The molecule has 1 N–H and O–H groups in total. The van der Waals surface area contributed by atoms with Crippen LogP contribution in [-0.2, 0) is 11.2 Å². The van der Waals surface area contributed by atoms with Crippen molar-refractivity contribution in [3.63, 3.8) is 0 Å². The van der Waals surface area contributed by atoms with Gasteiger partial charge in [-0.25, -0.2) is 4.39 Å². The number of piperazine rings is 1. The summed E-state index contributed by atoms with van der Waals surface area (Å²) in [5, 5.41) is 3.24. The van der Waals surface area contributed by atoms with Gasteiger partial charge in [0.15, 0.2) is 11.6 Å². The molecule has 1 fully saturated rings. The molecule has 0 aliphatic carbocycles. The molecule has 104 valence electrons. The second-order valence-corrected chi connectivity index (χ2v) is 4.79. The average Bonchev–Trinajstić information content (AvgIpc) is 2.39. The third-order valence-electron chi connectivity index (χ3n) is 3.39. The molecule has 19 heavy (non-hydrogen) atoms. The van der Waals surface area contributed by atoms with Gasteiger partial charge in [-0.1, -0.05) is 6.07 Å². The number of benzene rings is 1. The number of carbonyl (C=O) groups excluding carboxylic acids is 1. The fraction of sp³-hybridized carbons (Fsp3) is 0.500. The molecule has 0 aromatic heterocycles. The summed E-state index contributed by atoms with van der Waals surface area (Å²) in [6.07, 6.45) is 0.227. The molecule has 0 spiro atoms. The Labute approximate surface area is 112 Å². The molecule has 0 saturated carbocycles. The Morgan fingerprint density at radius 2 is 2.37 bits per heavy atom. The summed E-state index contributed by atoms with van der Waals surface area (Å²) >= 11 is 0. The van der Waals surface area contributed by atoms with E-state index in [4.69, 9.17) is 4.74 Å². The molecule has 1 atom stereocenters. The maximum atomic E-state index is 13.6. The normalized spacial score (nSPS) is 19.3. The summed E-state index contributed by atoms with van der Waals surface area (Å²) in [4.78, 5) is 14.0. The lowest BCUT2D eigenvalue weighted by atomic mass is 10.1. The fourth-order valence-electron chi connectivity index (χ4n) is 2.31. The quantitative estimate of drug-likeness (QED) is 0.893. The minimum absolute atomic E-state index is 0.0403. The van der Waals surface area contributed by atoms with Crippen LogP contribution in [0.2, 0.25) is 0 Å². The molecule has 1 saturated heterocycles. The van der Waals surface area contributed by atoms with Gasteiger partial charge >= 0.3 is 0 Å². The minimum Gasteiger partial charge on any atom is -0.494 e. The smallest absolute Gasteiger partial charge is 0.227 e. The van der Waals surface area contributed by atoms with E-state index in [0.29, 0.717) is 12.1 Å². The van der Waals surface area contributed by atoms with E-state index < -0.39 is 5.82 Å². The third kappa shape index (κ3) is 3.23. The largest absolute Gasteiger partial charge is 0.494 e. The van der Waals surface area contributed by atoms with Crippen LogP contribution in [0.4, 0.5) is 4.39 Å². The first-order chi connectivity index (χ1) is 9.11. The number of rotatable bonds is 3. The Morgan fingerprint density at radius 3 is 3.00 bits per heavy atom. The molecule has 1 aliphatic rings. The second kappa shape index (κ2) is 6.02. The zero-order valence-corrected chi connectivity index (χ0v) is 11.3. The van der Waals surface area contributed by atoms with Crippen LogP contribution in [0.1, 0.15) is 12.5 Å². The van der Waals surface area contributed by atoms with Gasteiger partial charge in [0, 0.05) is 25.7 Å². The van der Waals surface area contributed by atoms with Crippen molar-refractivity contribution in [2.45, 2.75) is 19.4 Å². The second-order valence-electron chi connectivity index (χ2n) is 4.79. The lowest BCUT2D eigenvalue weighted by Gasteiger charge is -2.34. The van der Waals surface area contributed by atoms with Gasteiger partial charge in [0.2, 0.25) is 5.91 Å². The van der Waals surface area contributed by atoms with Gasteiger partial charge in [-0.05, 0) is 24.6 Å². The van der Waals surface area contributed by atoms with Crippen LogP contribution in [0.15, 0.2) is 18.2 Å². The van der Waals surface area contributed by atoms with Gasteiger partial charge in [-0.3, -0.25) is 4.79 Å². The number of hydrogen-bond donors (Lipinski definition) is 1. The monoisotopic (exact) mass is 266 g/mol. The number of ether oxygens (including phenoxy) is 1. The predicted octanol–water partition coefficient (Wildman–Crippen LogP) is 1.20. The van der Waals surface area contributed by atoms with Gasteiger partial charge in [0.25, 0.3) is 0 Å². The maximum absolute atomic E-state index is 13.6. The molecule has 4 nitrogen and oxygen atoms in total. The Morgan fingerprint density at radius 1 is 1.58 bits per heavy atom. The molecular weight excluding hydrogens is 247 g/mol. The van der Waals surface area contributed by atoms with Crippen LogP contribution in [0.3, 0.4) is 0 Å². The molecule has 2 rings (SSSR count). The number of nitrogens with one attached hydrogen (secondary N) is 1. The molecule has 1 amide bonds. The van der Waals surface area contributed by atoms with Crippen LogP contribution in [0.5, 0.6) is 5.75 Å². The molecular formula is C14H19FN2O2. The van der Waals surface area contributed by atoms with E-state index in [0.717, 1.165) is 13.1 Å². The highest BCUT2D eigenvalue weighted by molar-refractivity contribution is 5.79. The Balaban J connectivity index is 2.04. The number of nitrogens with zero attached hydrogens (tertiary/aromatic N) is 1. The van der Waals surface area contributed by atoms with Crippen LogP contribution >= 0.6 is 0 Å². The van der Waals surface area contributed by atoms with E-state index in [1.807, 2.05) is 11.8 Å². The highest BCUT2D eigenvalue weighted by Gasteiger charge is 2.23. The fourth-order valence-corrected chi connectivity index (χ4v) is 2.31. The summed E-state index contributed by atoms with van der Waals surface area (Å²) < 4.78 is 18.4. The summed E-state index contributed by atoms with van der Waals surface area (Å²) in [6.45, 7) is 4.34. The molecule has 1 aromatic rings. The van der Waals surface area contributed by atoms with Crippen molar-refractivity contribution in [3.05, 3.63) is 29.6 Å². The molecule has 0 bridgehead atoms. The first kappa shape index (κ1) is 13.8. The molecule has 1 aliphatic heterocycles. The minimum atomic E-state index is -0.429. The third-order valence-corrected chi connectivity index (χ3v) is 3.39. The molecule has 1 heterocycles. The Kier molecular flexibility index (Phi) is 4.37. The van der Waals surface area contributed by atoms with Crippen molar-refractivity contribution in [2.24, 2.45) is 0 Å². The number of hydrogen-bond acceptors (Lipinski definition) is 3. The van der Waals surface area contributed by atoms with Crippen molar-refractivity contribution in [3.8, 4) is 5.75 Å². The van der Waals surface area contributed by atoms with Gasteiger partial charge in [-0.15, -0.1) is 0 Å². The van der Waals surface area contributed by atoms with Crippen molar-refractivity contribution in [1.82, 2.24) is 10.2 Å². The van der Waals surface area contributed by atoms with E-state index in [1.165, 1.54) is 13.2 Å². The van der Waals surface area contributed by atoms with Crippen LogP contribution in [0, 0.1) is 5.82 Å². The van der Waals surface area contributed by atoms with E-state index in [2.05, 4.69) is 5.32 Å². The zero-order chi connectivity index (χ0) is 13.8. The van der Waals surface area contributed by atoms with Crippen LogP contribution in [0.25, 0.3) is 0 Å². The van der Waals surface area contributed by atoms with Crippen LogP contribution < -0.4 is 10.1 Å². The first-order valence-corrected chi connectivity index (χ1v) is 6.44. The van der Waals surface area contributed by atoms with Gasteiger partial charge in [0.1, 0.15) is 0 Å². The van der Waals surface area contributed by atoms with Crippen molar-refractivity contribution in [2.75, 3.05) is 26.7 Å². The summed E-state index contributed by atoms with van der Waals surface area (Å²) in [5.74, 6) is -0.188. The van der Waals surface area contributed by atoms with E-state index in [1.54, 1.807) is 12.1 Å². The lowest BCUT2D eigenvalue weighted by molar-refractivity contribution is -0.133. The first-order valence-electron chi connectivity index (χ1n) is 6.44. The molecule has 1 aromatic carbocycles. The summed E-state index contributed by atoms with van der Waals surface area (Å²) in [7, 11) is 1.42. The lowest BCUT2D eigenvalue weighted by Crippen LogP contribution is -2.52. The van der Waals surface area contributed by atoms with Gasteiger partial charge < -0.3 is 15.0 Å². The van der Waals surface area contributed by atoms with Gasteiger partial charge in [-0.2, -0.15) is 0 Å². The zero-order valence-electron chi connectivity index (χ0n) is 11.3. The summed E-state index contributed by atoms with van der Waals surface area (Å²) in [6, 6.07) is 4.83. The number of methoxy groups -OCH3 is 1. The Hall–Kier alpha value is -1.62. The highest BCUT2D eigenvalue weighted by Crippen LogP contribution is 2.18. The maximum Gasteiger partial charge on any atom is 0.227 e. The Bertz CT molecular complexity index is 465. The van der Waals surface area contributed by atoms with E-state index >= 15 is 0 Å². The van der Waals surface area contributed by atoms with Crippen molar-refractivity contribution >= 4 is 5.91 Å². The van der Waals surface area contributed by atoms with Crippen molar-refractivity contribution < 1.29 is 13.9 Å². The number of halogens is 1. The molecule has 0 unspecified atom stereocenters. The SMILES string of the molecule is COc1ccc(CC(=O)N2CCNC[C@H]2C)cc1F. The number of amides is 1.